The lowest BCUT2D eigenvalue weighted by Gasteiger charge is -2.15. The lowest BCUT2D eigenvalue weighted by Crippen LogP contribution is -2.31. The van der Waals surface area contributed by atoms with Crippen LogP contribution in [-0.4, -0.2) is 30.3 Å². The molecular formula is C23H19ClN2O5. The maximum Gasteiger partial charge on any atom is 0.338 e. The Morgan fingerprint density at radius 3 is 2.35 bits per heavy atom. The Labute approximate surface area is 183 Å². The first-order chi connectivity index (χ1) is 14.9. The summed E-state index contributed by atoms with van der Waals surface area (Å²) in [7, 11) is 0. The van der Waals surface area contributed by atoms with E-state index in [4.69, 9.17) is 16.3 Å². The third-order valence-electron chi connectivity index (χ3n) is 5.29. The number of amides is 3. The summed E-state index contributed by atoms with van der Waals surface area (Å²) in [4.78, 5) is 51.1. The molecule has 2 aromatic rings. The molecule has 1 aliphatic heterocycles. The Balaban J connectivity index is 1.41. The van der Waals surface area contributed by atoms with E-state index in [0.717, 1.165) is 4.90 Å². The van der Waals surface area contributed by atoms with Gasteiger partial charge in [0.1, 0.15) is 0 Å². The molecule has 1 saturated heterocycles. The van der Waals surface area contributed by atoms with E-state index >= 15 is 0 Å². The summed E-state index contributed by atoms with van der Waals surface area (Å²) >= 11 is 5.87. The smallest absolute Gasteiger partial charge is 0.338 e. The zero-order valence-electron chi connectivity index (χ0n) is 16.4. The first kappa shape index (κ1) is 20.8. The van der Waals surface area contributed by atoms with Gasteiger partial charge < -0.3 is 10.1 Å². The Bertz CT molecular complexity index is 1070. The molecule has 2 atom stereocenters. The number of allylic oxidation sites excluding steroid dienone is 2. The van der Waals surface area contributed by atoms with E-state index in [1.54, 1.807) is 36.4 Å². The van der Waals surface area contributed by atoms with Gasteiger partial charge in [-0.25, -0.2) is 4.79 Å². The molecule has 7 nitrogen and oxygen atoms in total. The lowest BCUT2D eigenvalue weighted by atomic mass is 9.85. The van der Waals surface area contributed by atoms with E-state index in [9.17, 15) is 19.2 Å². The van der Waals surface area contributed by atoms with E-state index in [2.05, 4.69) is 5.32 Å². The molecule has 158 valence electrons. The molecule has 1 heterocycles. The van der Waals surface area contributed by atoms with Crippen LogP contribution in [0.1, 0.15) is 23.2 Å². The highest BCUT2D eigenvalue weighted by Gasteiger charge is 2.47. The van der Waals surface area contributed by atoms with E-state index < -0.39 is 18.5 Å². The van der Waals surface area contributed by atoms with Gasteiger partial charge in [-0.15, -0.1) is 0 Å². The maximum absolute atomic E-state index is 12.7. The summed E-state index contributed by atoms with van der Waals surface area (Å²) < 4.78 is 5.08. The van der Waals surface area contributed by atoms with E-state index in [1.165, 1.54) is 12.1 Å². The molecule has 1 N–H and O–H groups in total. The molecule has 0 spiro atoms. The molecule has 1 aliphatic carbocycles. The molecule has 4 rings (SSSR count). The minimum Gasteiger partial charge on any atom is -0.452 e. The Morgan fingerprint density at radius 2 is 1.68 bits per heavy atom. The molecular weight excluding hydrogens is 420 g/mol. The topological polar surface area (TPSA) is 92.8 Å². The fraction of sp³-hybridized carbons (Fsp3) is 0.217. The predicted octanol–water partition coefficient (Wildman–Crippen LogP) is 3.59. The van der Waals surface area contributed by atoms with Gasteiger partial charge >= 0.3 is 5.97 Å². The number of anilines is 2. The van der Waals surface area contributed by atoms with Gasteiger partial charge in [-0.2, -0.15) is 0 Å². The van der Waals surface area contributed by atoms with Crippen LogP contribution in [0.2, 0.25) is 5.02 Å². The number of carbonyl (C=O) groups is 4. The van der Waals surface area contributed by atoms with Crippen molar-refractivity contribution < 1.29 is 23.9 Å². The quantitative estimate of drug-likeness (QED) is 0.437. The minimum atomic E-state index is -0.735. The fourth-order valence-corrected chi connectivity index (χ4v) is 3.99. The monoisotopic (exact) mass is 438 g/mol. The highest BCUT2D eigenvalue weighted by atomic mass is 35.5. The number of esters is 1. The molecule has 2 aliphatic rings. The van der Waals surface area contributed by atoms with E-state index in [0.29, 0.717) is 29.2 Å². The van der Waals surface area contributed by atoms with Crippen molar-refractivity contribution in [3.8, 4) is 0 Å². The number of hydrogen-bond donors (Lipinski definition) is 1. The summed E-state index contributed by atoms with van der Waals surface area (Å²) in [6.45, 7) is -0.493. The van der Waals surface area contributed by atoms with Crippen molar-refractivity contribution in [3.63, 3.8) is 0 Å². The maximum atomic E-state index is 12.7. The van der Waals surface area contributed by atoms with Gasteiger partial charge in [-0.3, -0.25) is 19.3 Å². The number of fused-ring (bicyclic) bond motifs is 1. The van der Waals surface area contributed by atoms with Crippen LogP contribution in [0.5, 0.6) is 0 Å². The molecule has 2 aromatic carbocycles. The van der Waals surface area contributed by atoms with Crippen molar-refractivity contribution in [2.45, 2.75) is 12.8 Å². The Kier molecular flexibility index (Phi) is 5.86. The number of nitrogens with one attached hydrogen (secondary N) is 1. The number of imide groups is 1. The van der Waals surface area contributed by atoms with Crippen LogP contribution >= 0.6 is 11.6 Å². The van der Waals surface area contributed by atoms with E-state index in [1.807, 2.05) is 12.2 Å². The number of ether oxygens (including phenoxy) is 1. The number of nitrogens with zero attached hydrogens (tertiary/aromatic N) is 1. The zero-order chi connectivity index (χ0) is 22.0. The molecule has 1 fully saturated rings. The molecule has 0 radical (unpaired) electrons. The number of rotatable bonds is 5. The number of carbonyl (C=O) groups excluding carboxylic acids is 4. The predicted molar refractivity (Wildman–Crippen MR) is 115 cm³/mol. The molecule has 31 heavy (non-hydrogen) atoms. The number of hydrogen-bond acceptors (Lipinski definition) is 5. The van der Waals surface area contributed by atoms with E-state index in [-0.39, 0.29) is 29.2 Å². The van der Waals surface area contributed by atoms with Crippen molar-refractivity contribution in [3.05, 3.63) is 71.3 Å². The third kappa shape index (κ3) is 4.36. The van der Waals surface area contributed by atoms with Crippen molar-refractivity contribution in [2.24, 2.45) is 11.8 Å². The van der Waals surface area contributed by atoms with Gasteiger partial charge in [0.15, 0.2) is 6.61 Å². The normalized spacial score (nSPS) is 19.8. The minimum absolute atomic E-state index is 0.140. The SMILES string of the molecule is O=C(COC(=O)c1cccc(N2C(=O)[C@H]3CC=CC[C@H]3C2=O)c1)Nc1cccc(Cl)c1. The van der Waals surface area contributed by atoms with Crippen molar-refractivity contribution in [2.75, 3.05) is 16.8 Å². The average molecular weight is 439 g/mol. The van der Waals surface area contributed by atoms with Gasteiger partial charge in [0.2, 0.25) is 11.8 Å². The first-order valence-electron chi connectivity index (χ1n) is 9.79. The lowest BCUT2D eigenvalue weighted by molar-refractivity contribution is -0.122. The molecule has 3 amide bonds. The van der Waals surface area contributed by atoms with Crippen LogP contribution in [0.3, 0.4) is 0 Å². The molecule has 0 aromatic heterocycles. The number of halogens is 1. The fourth-order valence-electron chi connectivity index (χ4n) is 3.80. The molecule has 0 bridgehead atoms. The largest absolute Gasteiger partial charge is 0.452 e. The van der Waals surface area contributed by atoms with Crippen LogP contribution in [0.4, 0.5) is 11.4 Å². The van der Waals surface area contributed by atoms with Crippen LogP contribution in [0, 0.1) is 11.8 Å². The molecule has 0 saturated carbocycles. The van der Waals surface area contributed by atoms with Gasteiger partial charge in [0.25, 0.3) is 5.91 Å². The van der Waals surface area contributed by atoms with Crippen molar-refractivity contribution >= 4 is 46.7 Å². The van der Waals surface area contributed by atoms with Gasteiger partial charge in [0.05, 0.1) is 23.1 Å². The molecule has 0 unspecified atom stereocenters. The standard InChI is InChI=1S/C23H19ClN2O5/c24-15-6-4-7-16(12-15)25-20(27)13-31-23(30)14-5-3-8-17(11-14)26-21(28)18-9-1-2-10-19(18)22(26)29/h1-8,11-12,18-19H,9-10,13H2,(H,25,27)/t18-,19+. The van der Waals surface area contributed by atoms with Crippen molar-refractivity contribution in [1.29, 1.82) is 0 Å². The van der Waals surface area contributed by atoms with Crippen molar-refractivity contribution in [1.82, 2.24) is 0 Å². The van der Waals surface area contributed by atoms with Crippen LogP contribution in [-0.2, 0) is 19.1 Å². The van der Waals surface area contributed by atoms with Crippen LogP contribution < -0.4 is 10.2 Å². The van der Waals surface area contributed by atoms with Gasteiger partial charge in [0, 0.05) is 10.7 Å². The summed E-state index contributed by atoms with van der Waals surface area (Å²) in [6.07, 6.45) is 4.90. The second kappa shape index (κ2) is 8.73. The Morgan fingerprint density at radius 1 is 1.00 bits per heavy atom. The average Bonchev–Trinajstić information content (AvgIpc) is 3.02. The summed E-state index contributed by atoms with van der Waals surface area (Å²) in [5.41, 5.74) is 0.946. The summed E-state index contributed by atoms with van der Waals surface area (Å²) in [6, 6.07) is 12.7. The number of benzene rings is 2. The second-order valence-electron chi connectivity index (χ2n) is 7.35. The highest BCUT2D eigenvalue weighted by molar-refractivity contribution is 6.30. The van der Waals surface area contributed by atoms with Gasteiger partial charge in [-0.05, 0) is 49.2 Å². The molecule has 8 heteroatoms. The summed E-state index contributed by atoms with van der Waals surface area (Å²) in [5, 5.41) is 3.05. The third-order valence-corrected chi connectivity index (χ3v) is 5.53. The Hall–Kier alpha value is -3.45. The first-order valence-corrected chi connectivity index (χ1v) is 10.2. The zero-order valence-corrected chi connectivity index (χ0v) is 17.2. The van der Waals surface area contributed by atoms with Crippen LogP contribution in [0.25, 0.3) is 0 Å². The highest BCUT2D eigenvalue weighted by Crippen LogP contribution is 2.37. The van der Waals surface area contributed by atoms with Crippen LogP contribution in [0.15, 0.2) is 60.7 Å². The van der Waals surface area contributed by atoms with Gasteiger partial charge in [-0.1, -0.05) is 35.9 Å². The summed E-state index contributed by atoms with van der Waals surface area (Å²) in [5.74, 6) is -2.49. The second-order valence-corrected chi connectivity index (χ2v) is 7.79.